The summed E-state index contributed by atoms with van der Waals surface area (Å²) >= 11 is 7.82. The lowest BCUT2D eigenvalue weighted by molar-refractivity contribution is -0.131. The number of carbonyl (C=O) groups is 2. The van der Waals surface area contributed by atoms with Gasteiger partial charge in [-0.3, -0.25) is 4.79 Å². The number of hydrogen-bond acceptors (Lipinski definition) is 3. The molecule has 0 aromatic heterocycles. The van der Waals surface area contributed by atoms with Gasteiger partial charge in [0.1, 0.15) is 5.56 Å². The fourth-order valence-corrected chi connectivity index (χ4v) is 3.67. The average Bonchev–Trinajstić information content (AvgIpc) is 2.25. The first-order valence-electron chi connectivity index (χ1n) is 4.06. The highest BCUT2D eigenvalue weighted by molar-refractivity contribution is 14.1. The van der Waals surface area contributed by atoms with E-state index in [0.717, 1.165) is 3.57 Å². The zero-order valence-corrected chi connectivity index (χ0v) is 16.6. The third-order valence-electron chi connectivity index (χ3n) is 1.67. The molecular formula is C9H4I4O4. The van der Waals surface area contributed by atoms with Gasteiger partial charge >= 0.3 is 11.9 Å². The Balaban J connectivity index is 3.41. The molecule has 0 aliphatic rings. The van der Waals surface area contributed by atoms with Crippen molar-refractivity contribution in [2.45, 2.75) is 0 Å². The van der Waals surface area contributed by atoms with E-state index in [1.54, 1.807) is 6.07 Å². The van der Waals surface area contributed by atoms with Gasteiger partial charge in [0.2, 0.25) is 0 Å². The van der Waals surface area contributed by atoms with Crippen molar-refractivity contribution in [3.05, 3.63) is 22.3 Å². The normalized spacial score (nSPS) is 10.1. The Kier molecular flexibility index (Phi) is 6.66. The molecule has 17 heavy (non-hydrogen) atoms. The topological polar surface area (TPSA) is 63.6 Å². The molecule has 0 bridgehead atoms. The van der Waals surface area contributed by atoms with Crippen molar-refractivity contribution < 1.29 is 19.4 Å². The third kappa shape index (κ3) is 4.02. The average molecular weight is 684 g/mol. The van der Waals surface area contributed by atoms with Gasteiger partial charge in [0, 0.05) is 7.14 Å². The number of benzene rings is 1. The van der Waals surface area contributed by atoms with Crippen LogP contribution in [0.3, 0.4) is 0 Å². The molecule has 0 radical (unpaired) electrons. The van der Waals surface area contributed by atoms with Gasteiger partial charge in [-0.05, 0) is 73.8 Å². The molecule has 0 fully saturated rings. The van der Waals surface area contributed by atoms with Gasteiger partial charge in [-0.2, -0.15) is 0 Å². The highest BCUT2D eigenvalue weighted by atomic mass is 127. The summed E-state index contributed by atoms with van der Waals surface area (Å²) in [4.78, 5) is 22.5. The predicted octanol–water partition coefficient (Wildman–Crippen LogP) is 3.54. The summed E-state index contributed by atoms with van der Waals surface area (Å²) in [5, 5.41) is 9.18. The van der Waals surface area contributed by atoms with E-state index >= 15 is 0 Å². The fourth-order valence-electron chi connectivity index (χ4n) is 1.01. The van der Waals surface area contributed by atoms with Crippen molar-refractivity contribution in [3.8, 4) is 5.75 Å². The Bertz CT molecular complexity index is 486. The van der Waals surface area contributed by atoms with Crippen LogP contribution in [0.15, 0.2) is 6.07 Å². The molecular weight excluding hydrogens is 680 g/mol. The largest absolute Gasteiger partial charge is 0.478 e. The lowest BCUT2D eigenvalue weighted by Crippen LogP contribution is -2.14. The number of carboxylic acids is 1. The van der Waals surface area contributed by atoms with Gasteiger partial charge < -0.3 is 9.84 Å². The van der Waals surface area contributed by atoms with Crippen molar-refractivity contribution in [3.63, 3.8) is 0 Å². The zero-order valence-electron chi connectivity index (χ0n) is 7.97. The highest BCUT2D eigenvalue weighted by Crippen LogP contribution is 2.33. The van der Waals surface area contributed by atoms with Crippen molar-refractivity contribution in [2.75, 3.05) is 4.43 Å². The molecule has 0 unspecified atom stereocenters. The molecule has 0 saturated heterocycles. The smallest absolute Gasteiger partial charge is 0.340 e. The minimum absolute atomic E-state index is 0.0418. The van der Waals surface area contributed by atoms with Crippen molar-refractivity contribution >= 4 is 102 Å². The van der Waals surface area contributed by atoms with Crippen LogP contribution in [0.5, 0.6) is 5.75 Å². The Labute approximate surface area is 152 Å². The maximum absolute atomic E-state index is 11.3. The molecule has 1 N–H and O–H groups in total. The first-order chi connectivity index (χ1) is 7.88. The molecule has 4 nitrogen and oxygen atoms in total. The zero-order chi connectivity index (χ0) is 13.2. The first kappa shape index (κ1) is 16.1. The fraction of sp³-hybridized carbons (Fsp3) is 0.111. The molecule has 0 aliphatic carbocycles. The van der Waals surface area contributed by atoms with Crippen LogP contribution in [0.4, 0.5) is 0 Å². The number of rotatable bonds is 3. The third-order valence-corrected chi connectivity index (χ3v) is 6.09. The van der Waals surface area contributed by atoms with E-state index < -0.39 is 11.9 Å². The number of hydrogen-bond donors (Lipinski definition) is 1. The molecule has 1 rings (SSSR count). The second-order valence-electron chi connectivity index (χ2n) is 2.77. The molecule has 0 amide bonds. The van der Waals surface area contributed by atoms with Crippen molar-refractivity contribution in [1.82, 2.24) is 0 Å². The number of aromatic carboxylic acids is 1. The van der Waals surface area contributed by atoms with Crippen LogP contribution < -0.4 is 4.74 Å². The van der Waals surface area contributed by atoms with E-state index in [0.29, 0.717) is 7.14 Å². The minimum atomic E-state index is -1.10. The Hall–Kier alpha value is 1.08. The van der Waals surface area contributed by atoms with E-state index in [9.17, 15) is 14.7 Å². The maximum atomic E-state index is 11.3. The van der Waals surface area contributed by atoms with Crippen LogP contribution in [0.25, 0.3) is 0 Å². The summed E-state index contributed by atoms with van der Waals surface area (Å²) in [6.45, 7) is 0. The molecule has 1 aromatic carbocycles. The number of halogens is 4. The standard InChI is InChI=1S/C9H4I4O4/c10-2-5(14)17-8-4(12)1-3(11)7(13)6(8)9(15)16/h1H,2H2,(H,15,16). The molecule has 0 heterocycles. The molecule has 0 atom stereocenters. The molecule has 0 aliphatic heterocycles. The number of alkyl halides is 1. The van der Waals surface area contributed by atoms with Gasteiger partial charge in [0.25, 0.3) is 0 Å². The van der Waals surface area contributed by atoms with Crippen molar-refractivity contribution in [2.24, 2.45) is 0 Å². The summed E-state index contributed by atoms with van der Waals surface area (Å²) < 4.78 is 7.26. The summed E-state index contributed by atoms with van der Waals surface area (Å²) in [5.74, 6) is -1.42. The molecule has 92 valence electrons. The van der Waals surface area contributed by atoms with Crippen LogP contribution >= 0.6 is 90.4 Å². The van der Waals surface area contributed by atoms with Gasteiger partial charge in [-0.15, -0.1) is 0 Å². The lowest BCUT2D eigenvalue weighted by atomic mass is 10.2. The summed E-state index contributed by atoms with van der Waals surface area (Å²) in [7, 11) is 0. The summed E-state index contributed by atoms with van der Waals surface area (Å²) in [5.41, 5.74) is 0.0418. The summed E-state index contributed by atoms with van der Waals surface area (Å²) in [6.07, 6.45) is 0. The van der Waals surface area contributed by atoms with E-state index in [2.05, 4.69) is 22.6 Å². The Morgan fingerprint density at radius 3 is 2.29 bits per heavy atom. The second-order valence-corrected chi connectivity index (χ2v) is 6.94. The number of esters is 1. The molecule has 1 aromatic rings. The monoisotopic (exact) mass is 684 g/mol. The van der Waals surface area contributed by atoms with E-state index in [-0.39, 0.29) is 15.7 Å². The van der Waals surface area contributed by atoms with E-state index in [1.807, 2.05) is 67.8 Å². The van der Waals surface area contributed by atoms with E-state index in [4.69, 9.17) is 4.74 Å². The van der Waals surface area contributed by atoms with Crippen LogP contribution in [0.2, 0.25) is 0 Å². The second kappa shape index (κ2) is 7.02. The first-order valence-corrected chi connectivity index (χ1v) is 8.82. The van der Waals surface area contributed by atoms with Gasteiger partial charge in [0.15, 0.2) is 5.75 Å². The van der Waals surface area contributed by atoms with Crippen LogP contribution in [0.1, 0.15) is 10.4 Å². The number of carbonyl (C=O) groups excluding carboxylic acids is 1. The molecule has 0 spiro atoms. The molecule has 0 saturated carbocycles. The Morgan fingerprint density at radius 2 is 1.82 bits per heavy atom. The summed E-state index contributed by atoms with van der Waals surface area (Å²) in [6, 6.07) is 1.78. The van der Waals surface area contributed by atoms with Gasteiger partial charge in [-0.1, -0.05) is 22.6 Å². The van der Waals surface area contributed by atoms with Crippen molar-refractivity contribution in [1.29, 1.82) is 0 Å². The lowest BCUT2D eigenvalue weighted by Gasteiger charge is -2.11. The van der Waals surface area contributed by atoms with E-state index in [1.165, 1.54) is 0 Å². The number of carboxylic acid groups (broad SMARTS) is 1. The van der Waals surface area contributed by atoms with Crippen LogP contribution in [-0.4, -0.2) is 21.5 Å². The Morgan fingerprint density at radius 1 is 1.24 bits per heavy atom. The van der Waals surface area contributed by atoms with Gasteiger partial charge in [0.05, 0.1) is 8.00 Å². The SMILES string of the molecule is O=C(CI)Oc1c(I)cc(I)c(I)c1C(=O)O. The minimum Gasteiger partial charge on any atom is -0.478 e. The van der Waals surface area contributed by atoms with Gasteiger partial charge in [-0.25, -0.2) is 4.79 Å². The predicted molar refractivity (Wildman–Crippen MR) is 96.1 cm³/mol. The quantitative estimate of drug-likeness (QED) is 0.174. The maximum Gasteiger partial charge on any atom is 0.340 e. The number of ether oxygens (including phenoxy) is 1. The highest BCUT2D eigenvalue weighted by Gasteiger charge is 2.23. The van der Waals surface area contributed by atoms with Crippen LogP contribution in [-0.2, 0) is 4.79 Å². The molecule has 8 heteroatoms. The van der Waals surface area contributed by atoms with Crippen LogP contribution in [0, 0.1) is 10.7 Å².